The van der Waals surface area contributed by atoms with E-state index < -0.39 is 10.0 Å². The molecule has 2 rings (SSSR count). The molecule has 1 fully saturated rings. The molecule has 1 aliphatic rings. The summed E-state index contributed by atoms with van der Waals surface area (Å²) >= 11 is 0. The molecule has 6 nitrogen and oxygen atoms in total. The summed E-state index contributed by atoms with van der Waals surface area (Å²) in [5, 5.41) is 0. The summed E-state index contributed by atoms with van der Waals surface area (Å²) in [6, 6.07) is 3.54. The zero-order valence-electron chi connectivity index (χ0n) is 12.6. The Morgan fingerprint density at radius 3 is 2.86 bits per heavy atom. The fraction of sp³-hybridized carbons (Fsp3) is 0.643. The smallest absolute Gasteiger partial charge is 0.250 e. The van der Waals surface area contributed by atoms with E-state index in [9.17, 15) is 13.2 Å². The van der Waals surface area contributed by atoms with Crippen molar-refractivity contribution < 1.29 is 8.42 Å². The SMILES string of the molecule is CCS(=O)(=O)N[C@H]1CCCN(Cc2ccn(C)c(=O)c2)C1. The number of sulfonamides is 1. The monoisotopic (exact) mass is 313 g/mol. The van der Waals surface area contributed by atoms with Gasteiger partial charge in [0.1, 0.15) is 0 Å². The highest BCUT2D eigenvalue weighted by Crippen LogP contribution is 2.13. The maximum Gasteiger partial charge on any atom is 0.250 e. The average molecular weight is 313 g/mol. The van der Waals surface area contributed by atoms with Crippen LogP contribution in [0.2, 0.25) is 0 Å². The number of piperidine rings is 1. The first kappa shape index (κ1) is 16.2. The summed E-state index contributed by atoms with van der Waals surface area (Å²) in [5.74, 6) is 0.109. The summed E-state index contributed by atoms with van der Waals surface area (Å²) in [4.78, 5) is 13.8. The lowest BCUT2D eigenvalue weighted by Crippen LogP contribution is -2.47. The van der Waals surface area contributed by atoms with Crippen molar-refractivity contribution in [2.24, 2.45) is 7.05 Å². The number of nitrogens with one attached hydrogen (secondary N) is 1. The second-order valence-electron chi connectivity index (χ2n) is 5.58. The van der Waals surface area contributed by atoms with Crippen LogP contribution in [0, 0.1) is 0 Å². The number of rotatable bonds is 5. The van der Waals surface area contributed by atoms with Gasteiger partial charge in [0.25, 0.3) is 5.56 Å². The Hall–Kier alpha value is -1.18. The molecule has 0 unspecified atom stereocenters. The molecule has 0 aromatic carbocycles. The van der Waals surface area contributed by atoms with Crippen molar-refractivity contribution in [1.82, 2.24) is 14.2 Å². The van der Waals surface area contributed by atoms with Crippen LogP contribution >= 0.6 is 0 Å². The Labute approximate surface area is 125 Å². The predicted octanol–water partition coefficient (Wildman–Crippen LogP) is 0.289. The normalized spacial score (nSPS) is 20.6. The first-order chi connectivity index (χ1) is 9.89. The van der Waals surface area contributed by atoms with E-state index in [2.05, 4.69) is 9.62 Å². The van der Waals surface area contributed by atoms with Crippen molar-refractivity contribution in [2.45, 2.75) is 32.4 Å². The molecule has 7 heteroatoms. The third-order valence-electron chi connectivity index (χ3n) is 3.81. The Kier molecular flexibility index (Phi) is 5.18. The van der Waals surface area contributed by atoms with Crippen molar-refractivity contribution in [2.75, 3.05) is 18.8 Å². The molecule has 1 atom stereocenters. The van der Waals surface area contributed by atoms with Crippen LogP contribution in [0.3, 0.4) is 0 Å². The van der Waals surface area contributed by atoms with Gasteiger partial charge in [-0.3, -0.25) is 9.69 Å². The van der Waals surface area contributed by atoms with Gasteiger partial charge in [-0.15, -0.1) is 0 Å². The van der Waals surface area contributed by atoms with Gasteiger partial charge in [-0.05, 0) is 37.9 Å². The minimum Gasteiger partial charge on any atom is -0.319 e. The van der Waals surface area contributed by atoms with Crippen LogP contribution in [-0.2, 0) is 23.6 Å². The fourth-order valence-electron chi connectivity index (χ4n) is 2.58. The highest BCUT2D eigenvalue weighted by Gasteiger charge is 2.23. The van der Waals surface area contributed by atoms with Gasteiger partial charge in [0.05, 0.1) is 5.75 Å². The zero-order chi connectivity index (χ0) is 15.5. The molecule has 1 aliphatic heterocycles. The standard InChI is InChI=1S/C14H23N3O3S/c1-3-21(19,20)15-13-5-4-7-17(11-13)10-12-6-8-16(2)14(18)9-12/h6,8-9,13,15H,3-5,7,10-11H2,1-2H3/t13-/m0/s1. The molecule has 1 aromatic rings. The predicted molar refractivity (Wildman–Crippen MR) is 82.6 cm³/mol. The number of hydrogen-bond donors (Lipinski definition) is 1. The first-order valence-electron chi connectivity index (χ1n) is 7.27. The Morgan fingerprint density at radius 2 is 2.19 bits per heavy atom. The number of likely N-dealkylation sites (tertiary alicyclic amines) is 1. The lowest BCUT2D eigenvalue weighted by molar-refractivity contribution is 0.194. The molecule has 0 spiro atoms. The van der Waals surface area contributed by atoms with Gasteiger partial charge in [0, 0.05) is 38.4 Å². The highest BCUT2D eigenvalue weighted by molar-refractivity contribution is 7.89. The molecular weight excluding hydrogens is 290 g/mol. The van der Waals surface area contributed by atoms with Crippen molar-refractivity contribution >= 4 is 10.0 Å². The maximum atomic E-state index is 11.6. The largest absolute Gasteiger partial charge is 0.319 e. The molecule has 0 saturated carbocycles. The summed E-state index contributed by atoms with van der Waals surface area (Å²) in [6.07, 6.45) is 3.59. The minimum atomic E-state index is -3.16. The number of nitrogens with zero attached hydrogens (tertiary/aromatic N) is 2. The fourth-order valence-corrected chi connectivity index (χ4v) is 3.45. The number of pyridine rings is 1. The summed E-state index contributed by atoms with van der Waals surface area (Å²) < 4.78 is 27.6. The van der Waals surface area contributed by atoms with Crippen LogP contribution in [0.15, 0.2) is 23.1 Å². The van der Waals surface area contributed by atoms with Crippen LogP contribution in [0.4, 0.5) is 0 Å². The minimum absolute atomic E-state index is 0.0206. The Balaban J connectivity index is 1.98. The number of aryl methyl sites for hydroxylation is 1. The van der Waals surface area contributed by atoms with Crippen molar-refractivity contribution in [3.8, 4) is 0 Å². The molecule has 1 aromatic heterocycles. The molecule has 21 heavy (non-hydrogen) atoms. The van der Waals surface area contributed by atoms with Gasteiger partial charge >= 0.3 is 0 Å². The average Bonchev–Trinajstić information content (AvgIpc) is 2.43. The highest BCUT2D eigenvalue weighted by atomic mass is 32.2. The molecule has 0 bridgehead atoms. The molecule has 0 aliphatic carbocycles. The van der Waals surface area contributed by atoms with E-state index in [1.165, 1.54) is 4.57 Å². The van der Waals surface area contributed by atoms with E-state index in [4.69, 9.17) is 0 Å². The van der Waals surface area contributed by atoms with Crippen molar-refractivity contribution in [3.63, 3.8) is 0 Å². The summed E-state index contributed by atoms with van der Waals surface area (Å²) in [6.45, 7) is 3.94. The molecule has 0 radical (unpaired) electrons. The van der Waals surface area contributed by atoms with Crippen molar-refractivity contribution in [3.05, 3.63) is 34.2 Å². The van der Waals surface area contributed by atoms with Gasteiger partial charge in [-0.25, -0.2) is 13.1 Å². The second-order valence-corrected chi connectivity index (χ2v) is 7.62. The molecule has 1 N–H and O–H groups in total. The lowest BCUT2D eigenvalue weighted by Gasteiger charge is -2.32. The third kappa shape index (κ3) is 4.66. The maximum absolute atomic E-state index is 11.6. The van der Waals surface area contributed by atoms with Crippen molar-refractivity contribution in [1.29, 1.82) is 0 Å². The van der Waals surface area contributed by atoms with Crippen LogP contribution in [0.5, 0.6) is 0 Å². The van der Waals surface area contributed by atoms with E-state index in [0.29, 0.717) is 13.1 Å². The van der Waals surface area contributed by atoms with E-state index in [1.54, 1.807) is 26.2 Å². The first-order valence-corrected chi connectivity index (χ1v) is 8.93. The molecular formula is C14H23N3O3S. The lowest BCUT2D eigenvalue weighted by atomic mass is 10.1. The zero-order valence-corrected chi connectivity index (χ0v) is 13.4. The molecule has 118 valence electrons. The number of hydrogen-bond acceptors (Lipinski definition) is 4. The third-order valence-corrected chi connectivity index (χ3v) is 5.26. The Bertz CT molecular complexity index is 639. The van der Waals surface area contributed by atoms with Crippen LogP contribution in [0.25, 0.3) is 0 Å². The van der Waals surface area contributed by atoms with Gasteiger partial charge < -0.3 is 4.57 Å². The van der Waals surface area contributed by atoms with E-state index in [-0.39, 0.29) is 17.4 Å². The van der Waals surface area contributed by atoms with Crippen LogP contribution in [-0.4, -0.2) is 42.8 Å². The summed E-state index contributed by atoms with van der Waals surface area (Å²) in [5.41, 5.74) is 0.949. The van der Waals surface area contributed by atoms with E-state index >= 15 is 0 Å². The molecule has 2 heterocycles. The van der Waals surface area contributed by atoms with Gasteiger partial charge in [0.2, 0.25) is 10.0 Å². The Morgan fingerprint density at radius 1 is 1.43 bits per heavy atom. The van der Waals surface area contributed by atoms with Crippen LogP contribution in [0.1, 0.15) is 25.3 Å². The summed E-state index contributed by atoms with van der Waals surface area (Å²) in [7, 11) is -1.43. The second kappa shape index (κ2) is 6.72. The number of aromatic nitrogens is 1. The van der Waals surface area contributed by atoms with Crippen LogP contribution < -0.4 is 10.3 Å². The van der Waals surface area contributed by atoms with Gasteiger partial charge in [0.15, 0.2) is 0 Å². The van der Waals surface area contributed by atoms with E-state index in [1.807, 2.05) is 6.07 Å². The van der Waals surface area contributed by atoms with E-state index in [0.717, 1.165) is 24.9 Å². The topological polar surface area (TPSA) is 71.4 Å². The van der Waals surface area contributed by atoms with Gasteiger partial charge in [-0.2, -0.15) is 0 Å². The quantitative estimate of drug-likeness (QED) is 0.848. The molecule has 0 amide bonds. The van der Waals surface area contributed by atoms with Gasteiger partial charge in [-0.1, -0.05) is 0 Å². The molecule has 1 saturated heterocycles.